The largest absolute Gasteiger partial charge is 0.468 e. The highest BCUT2D eigenvalue weighted by Gasteiger charge is 2.30. The number of carbonyl (C=O) groups excluding carboxylic acids is 2. The Morgan fingerprint density at radius 1 is 1.07 bits per heavy atom. The maximum absolute atomic E-state index is 12.3. The van der Waals surface area contributed by atoms with Crippen LogP contribution in [0.25, 0.3) is 0 Å². The normalized spacial score (nSPS) is 14.0. The second-order valence-corrected chi connectivity index (χ2v) is 7.92. The number of ether oxygens (including phenoxy) is 2. The highest BCUT2D eigenvalue weighted by Crippen LogP contribution is 2.13. The van der Waals surface area contributed by atoms with Crippen molar-refractivity contribution in [1.29, 1.82) is 5.26 Å². The Hall–Kier alpha value is -2.59. The quantitative estimate of drug-likeness (QED) is 0.549. The van der Waals surface area contributed by atoms with E-state index in [1.54, 1.807) is 0 Å². The van der Waals surface area contributed by atoms with Gasteiger partial charge in [-0.1, -0.05) is 58.0 Å². The van der Waals surface area contributed by atoms with Gasteiger partial charge in [0.15, 0.2) is 0 Å². The number of nitrogens with one attached hydrogen (secondary N) is 2. The van der Waals surface area contributed by atoms with Gasteiger partial charge in [-0.15, -0.1) is 0 Å². The molecule has 1 aromatic carbocycles. The second-order valence-electron chi connectivity index (χ2n) is 7.92. The van der Waals surface area contributed by atoms with E-state index in [-0.39, 0.29) is 18.4 Å². The molecule has 0 aliphatic carbocycles. The molecule has 2 N–H and O–H groups in total. The first-order valence-electron chi connectivity index (χ1n) is 9.97. The van der Waals surface area contributed by atoms with Gasteiger partial charge in [-0.05, 0) is 30.2 Å². The Bertz CT molecular complexity index is 670. The molecule has 3 atom stereocenters. The third-order valence-corrected chi connectivity index (χ3v) is 4.36. The van der Waals surface area contributed by atoms with Crippen LogP contribution >= 0.6 is 0 Å². The van der Waals surface area contributed by atoms with Crippen molar-refractivity contribution in [2.45, 2.75) is 65.3 Å². The molecule has 1 rings (SSSR count). The average Bonchev–Trinajstić information content (AvgIpc) is 2.68. The topological polar surface area (TPSA) is 100 Å². The molecule has 0 heterocycles. The number of nitrogens with zero attached hydrogens (tertiary/aromatic N) is 1. The molecular formula is C22H33N3O4. The van der Waals surface area contributed by atoms with Crippen LogP contribution in [0.4, 0.5) is 4.79 Å². The molecule has 0 fully saturated rings. The minimum atomic E-state index is -0.760. The summed E-state index contributed by atoms with van der Waals surface area (Å²) in [6.07, 6.45) is 0.485. The third kappa shape index (κ3) is 9.44. The molecule has 0 aromatic heterocycles. The average molecular weight is 404 g/mol. The molecule has 0 radical (unpaired) electrons. The molecule has 1 amide bonds. The fourth-order valence-electron chi connectivity index (χ4n) is 3.01. The van der Waals surface area contributed by atoms with E-state index in [1.165, 1.54) is 7.11 Å². The Morgan fingerprint density at radius 2 is 1.69 bits per heavy atom. The summed E-state index contributed by atoms with van der Waals surface area (Å²) in [7, 11) is 1.32. The summed E-state index contributed by atoms with van der Waals surface area (Å²) in [5.74, 6) is 0.0425. The number of esters is 1. The van der Waals surface area contributed by atoms with Crippen LogP contribution in [0.5, 0.6) is 0 Å². The Morgan fingerprint density at radius 3 is 2.21 bits per heavy atom. The molecule has 0 bridgehead atoms. The SMILES string of the molecule is COC(=O)[C@H](CC(C)C)N[C@H](C#N)[C@H](CC(C)C)NC(=O)OCc1ccccc1. The smallest absolute Gasteiger partial charge is 0.407 e. The van der Waals surface area contributed by atoms with Gasteiger partial charge < -0.3 is 14.8 Å². The lowest BCUT2D eigenvalue weighted by molar-refractivity contribution is -0.143. The van der Waals surface area contributed by atoms with Gasteiger partial charge in [-0.25, -0.2) is 4.79 Å². The zero-order valence-corrected chi connectivity index (χ0v) is 18.0. The monoisotopic (exact) mass is 403 g/mol. The van der Waals surface area contributed by atoms with Gasteiger partial charge in [-0.2, -0.15) is 5.26 Å². The predicted molar refractivity (Wildman–Crippen MR) is 111 cm³/mol. The maximum atomic E-state index is 12.3. The fourth-order valence-corrected chi connectivity index (χ4v) is 3.01. The van der Waals surface area contributed by atoms with Crippen molar-refractivity contribution in [3.63, 3.8) is 0 Å². The summed E-state index contributed by atoms with van der Waals surface area (Å²) in [6, 6.07) is 9.65. The fraction of sp³-hybridized carbons (Fsp3) is 0.591. The number of carbonyl (C=O) groups is 2. The van der Waals surface area contributed by atoms with Gasteiger partial charge in [0.25, 0.3) is 0 Å². The van der Waals surface area contributed by atoms with Gasteiger partial charge in [0.05, 0.1) is 19.2 Å². The summed E-state index contributed by atoms with van der Waals surface area (Å²) in [6.45, 7) is 8.13. The van der Waals surface area contributed by atoms with Crippen LogP contribution in [-0.4, -0.2) is 37.3 Å². The van der Waals surface area contributed by atoms with E-state index in [0.717, 1.165) is 5.56 Å². The highest BCUT2D eigenvalue weighted by molar-refractivity contribution is 5.75. The van der Waals surface area contributed by atoms with Crippen molar-refractivity contribution >= 4 is 12.1 Å². The molecule has 0 aliphatic rings. The molecule has 7 nitrogen and oxygen atoms in total. The standard InChI is InChI=1S/C22H33N3O4/c1-15(2)11-18(25-22(27)29-14-17-9-7-6-8-10-17)20(13-23)24-19(12-16(3)4)21(26)28-5/h6-10,15-16,18-20,24H,11-12,14H2,1-5H3,(H,25,27)/t18-,19-,20+/m0/s1. The number of alkyl carbamates (subject to hydrolysis) is 1. The van der Waals surface area contributed by atoms with Crippen molar-refractivity contribution in [2.24, 2.45) is 11.8 Å². The third-order valence-electron chi connectivity index (χ3n) is 4.36. The molecule has 160 valence electrons. The molecular weight excluding hydrogens is 370 g/mol. The minimum absolute atomic E-state index is 0.143. The summed E-state index contributed by atoms with van der Waals surface area (Å²) >= 11 is 0. The van der Waals surface area contributed by atoms with Crippen molar-refractivity contribution < 1.29 is 19.1 Å². The van der Waals surface area contributed by atoms with Gasteiger partial charge in [0.2, 0.25) is 0 Å². The van der Waals surface area contributed by atoms with Gasteiger partial charge in [-0.3, -0.25) is 10.1 Å². The number of benzene rings is 1. The van der Waals surface area contributed by atoms with E-state index < -0.39 is 30.2 Å². The molecule has 0 saturated heterocycles. The van der Waals surface area contributed by atoms with E-state index in [1.807, 2.05) is 58.0 Å². The van der Waals surface area contributed by atoms with Crippen molar-refractivity contribution in [2.75, 3.05) is 7.11 Å². The van der Waals surface area contributed by atoms with Crippen LogP contribution in [-0.2, 0) is 20.9 Å². The second kappa shape index (κ2) is 12.8. The summed E-state index contributed by atoms with van der Waals surface area (Å²) in [4.78, 5) is 24.4. The van der Waals surface area contributed by atoms with E-state index >= 15 is 0 Å². The Balaban J connectivity index is 2.82. The number of hydrogen-bond acceptors (Lipinski definition) is 6. The van der Waals surface area contributed by atoms with Crippen molar-refractivity contribution in [1.82, 2.24) is 10.6 Å². The predicted octanol–water partition coefficient (Wildman–Crippen LogP) is 3.40. The lowest BCUT2D eigenvalue weighted by Gasteiger charge is -2.28. The Labute approximate surface area is 173 Å². The summed E-state index contributed by atoms with van der Waals surface area (Å²) in [5.41, 5.74) is 0.876. The number of methoxy groups -OCH3 is 1. The minimum Gasteiger partial charge on any atom is -0.468 e. The van der Waals surface area contributed by atoms with Gasteiger partial charge in [0.1, 0.15) is 18.7 Å². The van der Waals surface area contributed by atoms with Crippen LogP contribution in [0.15, 0.2) is 30.3 Å². The lowest BCUT2D eigenvalue weighted by Crippen LogP contribution is -2.55. The zero-order chi connectivity index (χ0) is 21.8. The highest BCUT2D eigenvalue weighted by atomic mass is 16.5. The zero-order valence-electron chi connectivity index (χ0n) is 18.0. The van der Waals surface area contributed by atoms with E-state index in [2.05, 4.69) is 16.7 Å². The maximum Gasteiger partial charge on any atom is 0.407 e. The summed E-state index contributed by atoms with van der Waals surface area (Å²) in [5, 5.41) is 15.6. The van der Waals surface area contributed by atoms with Crippen LogP contribution in [0.2, 0.25) is 0 Å². The molecule has 0 spiro atoms. The number of rotatable bonds is 11. The van der Waals surface area contributed by atoms with Crippen LogP contribution in [0.3, 0.4) is 0 Å². The van der Waals surface area contributed by atoms with Gasteiger partial charge >= 0.3 is 12.1 Å². The van der Waals surface area contributed by atoms with Crippen LogP contribution in [0.1, 0.15) is 46.1 Å². The van der Waals surface area contributed by atoms with E-state index in [9.17, 15) is 14.9 Å². The van der Waals surface area contributed by atoms with Crippen molar-refractivity contribution in [3.8, 4) is 6.07 Å². The molecule has 0 unspecified atom stereocenters. The molecule has 0 aliphatic heterocycles. The van der Waals surface area contributed by atoms with Crippen molar-refractivity contribution in [3.05, 3.63) is 35.9 Å². The first kappa shape index (κ1) is 24.4. The first-order chi connectivity index (χ1) is 13.8. The molecule has 0 saturated carbocycles. The molecule has 7 heteroatoms. The number of nitriles is 1. The van der Waals surface area contributed by atoms with E-state index in [4.69, 9.17) is 9.47 Å². The molecule has 29 heavy (non-hydrogen) atoms. The number of amides is 1. The van der Waals surface area contributed by atoms with Crippen LogP contribution < -0.4 is 10.6 Å². The summed E-state index contributed by atoms with van der Waals surface area (Å²) < 4.78 is 10.2. The molecule has 1 aromatic rings. The van der Waals surface area contributed by atoms with E-state index in [0.29, 0.717) is 12.8 Å². The number of hydrogen-bond donors (Lipinski definition) is 2. The lowest BCUT2D eigenvalue weighted by atomic mass is 9.96. The Kier molecular flexibility index (Phi) is 10.8. The first-order valence-corrected chi connectivity index (χ1v) is 9.97. The van der Waals surface area contributed by atoms with Gasteiger partial charge in [0, 0.05) is 0 Å². The van der Waals surface area contributed by atoms with Crippen LogP contribution in [0, 0.1) is 23.2 Å².